The lowest BCUT2D eigenvalue weighted by Crippen LogP contribution is -2.45. The molecule has 6 nitrogen and oxygen atoms in total. The molecule has 3 heterocycles. The standard InChI is InChI=1S/C23H31N5O/c1-4-24-23(28-12-11-20-7-5-6-8-21(20)28)26-14-19-9-10-22(25-13-19)27-15-17(2)29-18(3)16-27/h5-10,13,17-18H,4,11-12,14-16H2,1-3H3,(H,24,26). The van der Waals surface area contributed by atoms with E-state index in [1.54, 1.807) is 0 Å². The summed E-state index contributed by atoms with van der Waals surface area (Å²) in [5.41, 5.74) is 3.76. The third-order valence-electron chi connectivity index (χ3n) is 5.44. The van der Waals surface area contributed by atoms with Crippen molar-refractivity contribution < 1.29 is 4.74 Å². The second-order valence-corrected chi connectivity index (χ2v) is 7.89. The first-order valence-corrected chi connectivity index (χ1v) is 10.6. The average molecular weight is 394 g/mol. The van der Waals surface area contributed by atoms with E-state index in [1.807, 2.05) is 6.20 Å². The van der Waals surface area contributed by atoms with Gasteiger partial charge in [0, 0.05) is 38.1 Å². The summed E-state index contributed by atoms with van der Waals surface area (Å²) in [5.74, 6) is 1.96. The number of rotatable bonds is 4. The summed E-state index contributed by atoms with van der Waals surface area (Å²) >= 11 is 0. The van der Waals surface area contributed by atoms with E-state index in [9.17, 15) is 0 Å². The van der Waals surface area contributed by atoms with Crippen LogP contribution < -0.4 is 15.1 Å². The van der Waals surface area contributed by atoms with E-state index in [1.165, 1.54) is 11.3 Å². The molecule has 1 fully saturated rings. The van der Waals surface area contributed by atoms with E-state index in [4.69, 9.17) is 14.7 Å². The smallest absolute Gasteiger partial charge is 0.198 e. The molecule has 2 aliphatic heterocycles. The van der Waals surface area contributed by atoms with Crippen molar-refractivity contribution in [2.45, 2.75) is 45.9 Å². The van der Waals surface area contributed by atoms with Gasteiger partial charge in [0.2, 0.25) is 0 Å². The van der Waals surface area contributed by atoms with E-state index in [-0.39, 0.29) is 12.2 Å². The molecule has 2 atom stereocenters. The molecule has 0 spiro atoms. The van der Waals surface area contributed by atoms with Crippen molar-refractivity contribution in [1.82, 2.24) is 10.3 Å². The lowest BCUT2D eigenvalue weighted by atomic mass is 10.2. The Morgan fingerprint density at radius 2 is 1.97 bits per heavy atom. The maximum absolute atomic E-state index is 5.82. The highest BCUT2D eigenvalue weighted by molar-refractivity contribution is 5.97. The number of guanidine groups is 1. The van der Waals surface area contributed by atoms with E-state index >= 15 is 0 Å². The Morgan fingerprint density at radius 1 is 1.17 bits per heavy atom. The molecule has 6 heteroatoms. The number of morpholine rings is 1. The zero-order valence-corrected chi connectivity index (χ0v) is 17.6. The molecule has 1 N–H and O–H groups in total. The molecule has 29 heavy (non-hydrogen) atoms. The minimum atomic E-state index is 0.232. The highest BCUT2D eigenvalue weighted by atomic mass is 16.5. The van der Waals surface area contributed by atoms with E-state index in [0.29, 0.717) is 6.54 Å². The van der Waals surface area contributed by atoms with E-state index < -0.39 is 0 Å². The van der Waals surface area contributed by atoms with Crippen LogP contribution in [-0.2, 0) is 17.7 Å². The molecular weight excluding hydrogens is 362 g/mol. The number of fused-ring (bicyclic) bond motifs is 1. The van der Waals surface area contributed by atoms with Crippen molar-refractivity contribution in [3.05, 3.63) is 53.7 Å². The van der Waals surface area contributed by atoms with Crippen molar-refractivity contribution in [2.75, 3.05) is 36.0 Å². The highest BCUT2D eigenvalue weighted by Crippen LogP contribution is 2.27. The SMILES string of the molecule is CCNC(=NCc1ccc(N2CC(C)OC(C)C2)nc1)N1CCc2ccccc21. The van der Waals surface area contributed by atoms with Gasteiger partial charge in [0.15, 0.2) is 5.96 Å². The molecule has 1 aromatic carbocycles. The summed E-state index contributed by atoms with van der Waals surface area (Å²) in [7, 11) is 0. The van der Waals surface area contributed by atoms with Gasteiger partial charge in [-0.05, 0) is 50.5 Å². The van der Waals surface area contributed by atoms with Gasteiger partial charge in [-0.15, -0.1) is 0 Å². The van der Waals surface area contributed by atoms with Gasteiger partial charge >= 0.3 is 0 Å². The quantitative estimate of drug-likeness (QED) is 0.639. The van der Waals surface area contributed by atoms with Crippen LogP contribution in [0.2, 0.25) is 0 Å². The van der Waals surface area contributed by atoms with Crippen LogP contribution in [0.4, 0.5) is 11.5 Å². The van der Waals surface area contributed by atoms with Gasteiger partial charge in [0.1, 0.15) is 5.82 Å². The number of hydrogen-bond donors (Lipinski definition) is 1. The predicted octanol–water partition coefficient (Wildman–Crippen LogP) is 3.22. The molecular formula is C23H31N5O. The molecule has 2 unspecified atom stereocenters. The number of para-hydroxylation sites is 1. The third kappa shape index (κ3) is 4.53. The molecule has 0 saturated carbocycles. The molecule has 0 amide bonds. The minimum Gasteiger partial charge on any atom is -0.372 e. The monoisotopic (exact) mass is 393 g/mol. The Morgan fingerprint density at radius 3 is 2.69 bits per heavy atom. The number of hydrogen-bond acceptors (Lipinski definition) is 4. The number of pyridine rings is 1. The molecule has 1 saturated heterocycles. The van der Waals surface area contributed by atoms with Crippen LogP contribution in [-0.4, -0.2) is 49.3 Å². The largest absolute Gasteiger partial charge is 0.372 e. The third-order valence-corrected chi connectivity index (χ3v) is 5.44. The Kier molecular flexibility index (Phi) is 6.00. The lowest BCUT2D eigenvalue weighted by molar-refractivity contribution is -0.00545. The Bertz CT molecular complexity index is 841. The first-order chi connectivity index (χ1) is 14.1. The molecule has 1 aromatic heterocycles. The van der Waals surface area contributed by atoms with Crippen molar-refractivity contribution >= 4 is 17.5 Å². The first kappa shape index (κ1) is 19.7. The zero-order valence-electron chi connectivity index (χ0n) is 17.6. The molecule has 0 radical (unpaired) electrons. The fourth-order valence-electron chi connectivity index (χ4n) is 4.18. The molecule has 0 aliphatic carbocycles. The Labute approximate surface area is 173 Å². The minimum absolute atomic E-state index is 0.232. The summed E-state index contributed by atoms with van der Waals surface area (Å²) in [6.45, 7) is 10.5. The van der Waals surface area contributed by atoms with Gasteiger partial charge in [-0.1, -0.05) is 24.3 Å². The number of benzene rings is 1. The van der Waals surface area contributed by atoms with Gasteiger partial charge in [0.05, 0.1) is 18.8 Å². The van der Waals surface area contributed by atoms with Crippen molar-refractivity contribution in [3.63, 3.8) is 0 Å². The number of aliphatic imine (C=N–C) groups is 1. The van der Waals surface area contributed by atoms with Crippen LogP contribution in [0.5, 0.6) is 0 Å². The Hall–Kier alpha value is -2.60. The number of aromatic nitrogens is 1. The lowest BCUT2D eigenvalue weighted by Gasteiger charge is -2.36. The van der Waals surface area contributed by atoms with Crippen LogP contribution in [0.15, 0.2) is 47.6 Å². The molecule has 0 bridgehead atoms. The Balaban J connectivity index is 1.46. The van der Waals surface area contributed by atoms with Gasteiger partial charge in [-0.2, -0.15) is 0 Å². The predicted molar refractivity (Wildman–Crippen MR) is 119 cm³/mol. The highest BCUT2D eigenvalue weighted by Gasteiger charge is 2.24. The van der Waals surface area contributed by atoms with Crippen LogP contribution in [0.3, 0.4) is 0 Å². The molecule has 2 aliphatic rings. The topological polar surface area (TPSA) is 53.0 Å². The van der Waals surface area contributed by atoms with E-state index in [2.05, 4.69) is 72.3 Å². The fraction of sp³-hybridized carbons (Fsp3) is 0.478. The van der Waals surface area contributed by atoms with Crippen LogP contribution >= 0.6 is 0 Å². The second kappa shape index (κ2) is 8.82. The molecule has 154 valence electrons. The maximum Gasteiger partial charge on any atom is 0.198 e. The van der Waals surface area contributed by atoms with Gasteiger partial charge < -0.3 is 19.9 Å². The average Bonchev–Trinajstić information content (AvgIpc) is 3.15. The first-order valence-electron chi connectivity index (χ1n) is 10.6. The van der Waals surface area contributed by atoms with Crippen molar-refractivity contribution in [1.29, 1.82) is 0 Å². The number of nitrogens with one attached hydrogen (secondary N) is 1. The fourth-order valence-corrected chi connectivity index (χ4v) is 4.18. The van der Waals surface area contributed by atoms with Crippen LogP contribution in [0.1, 0.15) is 31.9 Å². The maximum atomic E-state index is 5.82. The number of nitrogens with zero attached hydrogens (tertiary/aromatic N) is 4. The van der Waals surface area contributed by atoms with Crippen molar-refractivity contribution in [3.8, 4) is 0 Å². The summed E-state index contributed by atoms with van der Waals surface area (Å²) in [5, 5.41) is 3.44. The molecule has 2 aromatic rings. The second-order valence-electron chi connectivity index (χ2n) is 7.89. The number of anilines is 2. The summed E-state index contributed by atoms with van der Waals surface area (Å²) in [6, 6.07) is 12.8. The normalized spacial score (nSPS) is 22.0. The number of ether oxygens (including phenoxy) is 1. The van der Waals surface area contributed by atoms with Crippen molar-refractivity contribution in [2.24, 2.45) is 4.99 Å². The summed E-state index contributed by atoms with van der Waals surface area (Å²) < 4.78 is 5.82. The van der Waals surface area contributed by atoms with Gasteiger partial charge in [-0.25, -0.2) is 9.98 Å². The van der Waals surface area contributed by atoms with Gasteiger partial charge in [-0.3, -0.25) is 0 Å². The zero-order chi connectivity index (χ0) is 20.2. The molecule has 4 rings (SSSR count). The van der Waals surface area contributed by atoms with Crippen LogP contribution in [0.25, 0.3) is 0 Å². The van der Waals surface area contributed by atoms with Gasteiger partial charge in [0.25, 0.3) is 0 Å². The van der Waals surface area contributed by atoms with E-state index in [0.717, 1.165) is 49.9 Å². The summed E-state index contributed by atoms with van der Waals surface area (Å²) in [4.78, 5) is 14.2. The summed E-state index contributed by atoms with van der Waals surface area (Å²) in [6.07, 6.45) is 3.48. The van der Waals surface area contributed by atoms with Crippen LogP contribution in [0, 0.1) is 0 Å².